The predicted molar refractivity (Wildman–Crippen MR) is 128 cm³/mol. The molecule has 2 aromatic carbocycles. The van der Waals surface area contributed by atoms with Crippen molar-refractivity contribution in [2.45, 2.75) is 45.3 Å². The number of non-ortho nitro benzene ring substituents is 1. The lowest BCUT2D eigenvalue weighted by molar-refractivity contribution is -0.384. The van der Waals surface area contributed by atoms with Crippen LogP contribution < -0.4 is 0 Å². The van der Waals surface area contributed by atoms with E-state index in [1.54, 1.807) is 23.2 Å². The maximum absolute atomic E-state index is 15.2. The number of amides is 1. The van der Waals surface area contributed by atoms with Gasteiger partial charge in [-0.1, -0.05) is 17.4 Å². The highest BCUT2D eigenvalue weighted by Crippen LogP contribution is 2.36. The number of nitro groups is 1. The van der Waals surface area contributed by atoms with Crippen LogP contribution >= 0.6 is 11.3 Å². The monoisotopic (exact) mass is 482 g/mol. The van der Waals surface area contributed by atoms with Crippen molar-refractivity contribution >= 4 is 38.3 Å². The normalized spacial score (nSPS) is 16.5. The Bertz CT molecular complexity index is 1440. The van der Waals surface area contributed by atoms with Crippen molar-refractivity contribution in [2.75, 3.05) is 6.54 Å². The first kappa shape index (κ1) is 22.3. The maximum atomic E-state index is 15.2. The molecule has 1 atom stereocenters. The molecule has 176 valence electrons. The molecule has 1 aliphatic heterocycles. The minimum absolute atomic E-state index is 0.0196. The summed E-state index contributed by atoms with van der Waals surface area (Å²) in [6, 6.07) is 9.40. The van der Waals surface area contributed by atoms with Crippen LogP contribution in [-0.4, -0.2) is 37.4 Å². The quantitative estimate of drug-likeness (QED) is 0.251. The third-order valence-electron chi connectivity index (χ3n) is 5.82. The lowest BCUT2D eigenvalue weighted by Crippen LogP contribution is -2.36. The molecule has 2 aromatic heterocycles. The van der Waals surface area contributed by atoms with Gasteiger partial charge in [-0.2, -0.15) is 0 Å². The average molecular weight is 483 g/mol. The molecular weight excluding hydrogens is 459 g/mol. The molecule has 0 N–H and O–H groups in total. The lowest BCUT2D eigenvalue weighted by atomic mass is 10.0. The first-order valence-corrected chi connectivity index (χ1v) is 11.8. The van der Waals surface area contributed by atoms with Gasteiger partial charge in [0, 0.05) is 30.4 Å². The zero-order chi connectivity index (χ0) is 24.2. The summed E-state index contributed by atoms with van der Waals surface area (Å²) in [7, 11) is 0. The summed E-state index contributed by atoms with van der Waals surface area (Å²) in [5, 5.41) is 11.0. The van der Waals surface area contributed by atoms with Gasteiger partial charge in [0.15, 0.2) is 4.96 Å². The lowest BCUT2D eigenvalue weighted by Gasteiger charge is -2.29. The molecule has 0 aliphatic carbocycles. The van der Waals surface area contributed by atoms with Gasteiger partial charge in [-0.25, -0.2) is 14.2 Å². The highest BCUT2D eigenvalue weighted by atomic mass is 32.1. The first-order chi connectivity index (χ1) is 16.1. The Labute approximate surface area is 198 Å². The van der Waals surface area contributed by atoms with Gasteiger partial charge in [-0.15, -0.1) is 0 Å². The van der Waals surface area contributed by atoms with Crippen molar-refractivity contribution < 1.29 is 18.8 Å². The van der Waals surface area contributed by atoms with Gasteiger partial charge in [-0.05, 0) is 57.4 Å². The number of thiazole rings is 1. The van der Waals surface area contributed by atoms with E-state index in [9.17, 15) is 14.9 Å². The number of rotatable bonds is 3. The topological polar surface area (TPSA) is 90.0 Å². The van der Waals surface area contributed by atoms with Crippen molar-refractivity contribution in [1.29, 1.82) is 0 Å². The van der Waals surface area contributed by atoms with Crippen LogP contribution in [0.25, 0.3) is 26.4 Å². The molecule has 1 fully saturated rings. The van der Waals surface area contributed by atoms with Gasteiger partial charge in [0.25, 0.3) is 5.69 Å². The number of hydrogen-bond donors (Lipinski definition) is 0. The minimum Gasteiger partial charge on any atom is -0.444 e. The SMILES string of the molecule is CC(C)(C)OC(=O)N1CCCC1c1ccc(-c2cn3c(n2)sc2cc([N+](=O)[O-])ccc23)c(F)c1. The van der Waals surface area contributed by atoms with Crippen molar-refractivity contribution in [3.05, 3.63) is 64.1 Å². The summed E-state index contributed by atoms with van der Waals surface area (Å²) in [4.78, 5) is 30.1. The van der Waals surface area contributed by atoms with E-state index in [-0.39, 0.29) is 17.8 Å². The van der Waals surface area contributed by atoms with Crippen LogP contribution in [0.15, 0.2) is 42.6 Å². The number of fused-ring (bicyclic) bond motifs is 3. The average Bonchev–Trinajstić information content (AvgIpc) is 3.46. The second-order valence-electron chi connectivity index (χ2n) is 9.36. The van der Waals surface area contributed by atoms with Gasteiger partial charge in [-0.3, -0.25) is 14.5 Å². The molecule has 5 rings (SSSR count). The number of carbonyl (C=O) groups excluding carboxylic acids is 1. The predicted octanol–water partition coefficient (Wildman–Crippen LogP) is 6.34. The van der Waals surface area contributed by atoms with E-state index in [0.29, 0.717) is 22.8 Å². The Morgan fingerprint density at radius 1 is 1.26 bits per heavy atom. The number of ether oxygens (including phenoxy) is 1. The number of benzene rings is 2. The third kappa shape index (κ3) is 3.98. The van der Waals surface area contributed by atoms with Crippen LogP contribution in [0, 0.1) is 15.9 Å². The molecule has 4 aromatic rings. The highest BCUT2D eigenvalue weighted by molar-refractivity contribution is 7.23. The van der Waals surface area contributed by atoms with Crippen LogP contribution in [0.5, 0.6) is 0 Å². The zero-order valence-electron chi connectivity index (χ0n) is 18.9. The molecule has 10 heteroatoms. The Balaban J connectivity index is 1.44. The molecule has 1 amide bonds. The number of nitro benzene ring substituents is 1. The molecule has 0 spiro atoms. The van der Waals surface area contributed by atoms with Gasteiger partial charge >= 0.3 is 6.09 Å². The number of hydrogen-bond acceptors (Lipinski definition) is 6. The molecule has 1 aliphatic rings. The molecule has 0 bridgehead atoms. The molecule has 8 nitrogen and oxygen atoms in total. The van der Waals surface area contributed by atoms with E-state index in [1.807, 2.05) is 31.2 Å². The smallest absolute Gasteiger partial charge is 0.410 e. The van der Waals surface area contributed by atoms with E-state index in [1.165, 1.54) is 29.5 Å². The summed E-state index contributed by atoms with van der Waals surface area (Å²) < 4.78 is 23.3. The highest BCUT2D eigenvalue weighted by Gasteiger charge is 2.33. The van der Waals surface area contributed by atoms with Crippen molar-refractivity contribution in [3.8, 4) is 11.3 Å². The van der Waals surface area contributed by atoms with Gasteiger partial charge in [0.2, 0.25) is 0 Å². The Morgan fingerprint density at radius 3 is 2.76 bits per heavy atom. The van der Waals surface area contributed by atoms with Crippen LogP contribution in [0.1, 0.15) is 45.2 Å². The molecule has 34 heavy (non-hydrogen) atoms. The summed E-state index contributed by atoms with van der Waals surface area (Å²) in [5.41, 5.74) is 1.76. The third-order valence-corrected chi connectivity index (χ3v) is 6.84. The number of carbonyl (C=O) groups is 1. The molecule has 3 heterocycles. The Kier molecular flexibility index (Phi) is 5.27. The van der Waals surface area contributed by atoms with E-state index in [4.69, 9.17) is 4.74 Å². The molecular formula is C24H23FN4O4S. The van der Waals surface area contributed by atoms with Crippen LogP contribution in [-0.2, 0) is 4.74 Å². The van der Waals surface area contributed by atoms with Gasteiger partial charge in [0.05, 0.1) is 26.9 Å². The molecule has 0 radical (unpaired) electrons. The van der Waals surface area contributed by atoms with E-state index in [0.717, 1.165) is 28.6 Å². The van der Waals surface area contributed by atoms with Gasteiger partial charge < -0.3 is 9.64 Å². The second kappa shape index (κ2) is 8.05. The number of aromatic nitrogens is 2. The molecule has 1 unspecified atom stereocenters. The summed E-state index contributed by atoms with van der Waals surface area (Å²) in [6.07, 6.45) is 2.92. The summed E-state index contributed by atoms with van der Waals surface area (Å²) >= 11 is 1.31. The van der Waals surface area contributed by atoms with E-state index < -0.39 is 16.3 Å². The standard InChI is InChI=1S/C24H23FN4O4S/c1-24(2,3)33-23(30)27-10-4-5-19(27)14-6-8-16(17(25)11-14)18-13-28-20-9-7-15(29(31)32)12-21(20)34-22(28)26-18/h6-9,11-13,19H,4-5,10H2,1-3H3. The Hall–Kier alpha value is -3.53. The molecule has 0 saturated carbocycles. The van der Waals surface area contributed by atoms with Crippen molar-refractivity contribution in [3.63, 3.8) is 0 Å². The van der Waals surface area contributed by atoms with Crippen LogP contribution in [0.4, 0.5) is 14.9 Å². The van der Waals surface area contributed by atoms with Crippen LogP contribution in [0.2, 0.25) is 0 Å². The summed E-state index contributed by atoms with van der Waals surface area (Å²) in [6.45, 7) is 6.05. The van der Waals surface area contributed by atoms with Gasteiger partial charge in [0.1, 0.15) is 11.4 Å². The van der Waals surface area contributed by atoms with Crippen molar-refractivity contribution in [2.24, 2.45) is 0 Å². The Morgan fingerprint density at radius 2 is 2.06 bits per heavy atom. The second-order valence-corrected chi connectivity index (χ2v) is 10.4. The summed E-state index contributed by atoms with van der Waals surface area (Å²) in [5.74, 6) is -0.417. The van der Waals surface area contributed by atoms with E-state index in [2.05, 4.69) is 4.98 Å². The fourth-order valence-electron chi connectivity index (χ4n) is 4.33. The number of halogens is 1. The fourth-order valence-corrected chi connectivity index (χ4v) is 5.37. The molecule has 1 saturated heterocycles. The largest absolute Gasteiger partial charge is 0.444 e. The van der Waals surface area contributed by atoms with Crippen LogP contribution in [0.3, 0.4) is 0 Å². The zero-order valence-corrected chi connectivity index (χ0v) is 19.8. The number of likely N-dealkylation sites (tertiary alicyclic amines) is 1. The van der Waals surface area contributed by atoms with E-state index >= 15 is 4.39 Å². The minimum atomic E-state index is -0.595. The fraction of sp³-hybridized carbons (Fsp3) is 0.333. The maximum Gasteiger partial charge on any atom is 0.410 e. The number of imidazole rings is 1. The first-order valence-electron chi connectivity index (χ1n) is 11.0. The number of nitrogens with zero attached hydrogens (tertiary/aromatic N) is 4. The van der Waals surface area contributed by atoms with Crippen molar-refractivity contribution in [1.82, 2.24) is 14.3 Å².